The van der Waals surface area contributed by atoms with Crippen LogP contribution in [0.25, 0.3) is 10.2 Å². The van der Waals surface area contributed by atoms with Crippen LogP contribution in [0.1, 0.15) is 16.8 Å². The zero-order valence-electron chi connectivity index (χ0n) is 11.8. The first-order valence-electron chi connectivity index (χ1n) is 6.79. The average Bonchev–Trinajstić information content (AvgIpc) is 2.86. The van der Waals surface area contributed by atoms with Gasteiger partial charge in [0.05, 0.1) is 16.8 Å². The molecule has 1 amide bonds. The molecule has 2 aromatic rings. The summed E-state index contributed by atoms with van der Waals surface area (Å²) in [6, 6.07) is 5.55. The molecule has 1 aliphatic rings. The van der Waals surface area contributed by atoms with Crippen LogP contribution in [0.15, 0.2) is 29.8 Å². The van der Waals surface area contributed by atoms with E-state index in [0.29, 0.717) is 23.8 Å². The van der Waals surface area contributed by atoms with Crippen LogP contribution in [0.3, 0.4) is 0 Å². The van der Waals surface area contributed by atoms with E-state index in [0.717, 1.165) is 23.2 Å². The lowest BCUT2D eigenvalue weighted by molar-refractivity contribution is 0.0765. The number of carbonyl (C=O) groups is 1. The summed E-state index contributed by atoms with van der Waals surface area (Å²) in [5.41, 5.74) is 8.48. The van der Waals surface area contributed by atoms with Gasteiger partial charge in [0, 0.05) is 25.8 Å². The number of methoxy groups -OCH3 is 1. The van der Waals surface area contributed by atoms with E-state index in [1.807, 2.05) is 23.1 Å². The van der Waals surface area contributed by atoms with Crippen LogP contribution in [0, 0.1) is 0 Å². The second-order valence-corrected chi connectivity index (χ2v) is 6.09. The number of fused-ring (bicyclic) bond motifs is 1. The SMILES string of the molecule is COCC1=CCN(C(=O)c2ccc3nc(N)sc3c2)CC1. The summed E-state index contributed by atoms with van der Waals surface area (Å²) in [4.78, 5) is 18.6. The smallest absolute Gasteiger partial charge is 0.254 e. The quantitative estimate of drug-likeness (QED) is 0.883. The van der Waals surface area contributed by atoms with Crippen LogP contribution in [0.5, 0.6) is 0 Å². The number of nitrogen functional groups attached to an aromatic ring is 1. The van der Waals surface area contributed by atoms with Gasteiger partial charge in [-0.2, -0.15) is 0 Å². The summed E-state index contributed by atoms with van der Waals surface area (Å²) in [6.45, 7) is 2.02. The summed E-state index contributed by atoms with van der Waals surface area (Å²) < 4.78 is 6.07. The van der Waals surface area contributed by atoms with Gasteiger partial charge in [-0.25, -0.2) is 4.98 Å². The van der Waals surface area contributed by atoms with Gasteiger partial charge in [-0.15, -0.1) is 0 Å². The third kappa shape index (κ3) is 2.91. The van der Waals surface area contributed by atoms with E-state index < -0.39 is 0 Å². The van der Waals surface area contributed by atoms with E-state index >= 15 is 0 Å². The first kappa shape index (κ1) is 14.0. The second-order valence-electron chi connectivity index (χ2n) is 5.03. The van der Waals surface area contributed by atoms with Crippen molar-refractivity contribution in [1.82, 2.24) is 9.88 Å². The Morgan fingerprint density at radius 1 is 1.52 bits per heavy atom. The first-order chi connectivity index (χ1) is 10.2. The molecule has 1 aromatic heterocycles. The van der Waals surface area contributed by atoms with Crippen LogP contribution in [-0.2, 0) is 4.74 Å². The highest BCUT2D eigenvalue weighted by atomic mass is 32.1. The van der Waals surface area contributed by atoms with Gasteiger partial charge < -0.3 is 15.4 Å². The number of nitrogens with zero attached hydrogens (tertiary/aromatic N) is 2. The van der Waals surface area contributed by atoms with Crippen molar-refractivity contribution in [2.75, 3.05) is 32.5 Å². The molecule has 0 spiro atoms. The second kappa shape index (κ2) is 5.83. The number of amides is 1. The van der Waals surface area contributed by atoms with Crippen molar-refractivity contribution in [3.05, 3.63) is 35.4 Å². The molecular formula is C15H17N3O2S. The Kier molecular flexibility index (Phi) is 3.90. The van der Waals surface area contributed by atoms with Gasteiger partial charge in [0.1, 0.15) is 0 Å². The fourth-order valence-corrected chi connectivity index (χ4v) is 3.24. The standard InChI is InChI=1S/C15H17N3O2S/c1-20-9-10-4-6-18(7-5-10)14(19)11-2-3-12-13(8-11)21-15(16)17-12/h2-4,8H,5-7,9H2,1H3,(H2,16,17). The number of benzene rings is 1. The zero-order valence-corrected chi connectivity index (χ0v) is 12.7. The fraction of sp³-hybridized carbons (Fsp3) is 0.333. The van der Waals surface area contributed by atoms with Gasteiger partial charge in [-0.3, -0.25) is 4.79 Å². The molecule has 2 N–H and O–H groups in total. The van der Waals surface area contributed by atoms with Crippen molar-refractivity contribution in [2.45, 2.75) is 6.42 Å². The molecule has 6 heteroatoms. The highest BCUT2D eigenvalue weighted by molar-refractivity contribution is 7.22. The molecular weight excluding hydrogens is 286 g/mol. The molecule has 1 aliphatic heterocycles. The molecule has 0 fully saturated rings. The lowest BCUT2D eigenvalue weighted by Crippen LogP contribution is -2.35. The van der Waals surface area contributed by atoms with E-state index in [1.54, 1.807) is 7.11 Å². The maximum absolute atomic E-state index is 12.5. The minimum Gasteiger partial charge on any atom is -0.380 e. The van der Waals surface area contributed by atoms with Gasteiger partial charge in [0.15, 0.2) is 5.13 Å². The van der Waals surface area contributed by atoms with E-state index in [4.69, 9.17) is 10.5 Å². The van der Waals surface area contributed by atoms with Crippen molar-refractivity contribution in [2.24, 2.45) is 0 Å². The highest BCUT2D eigenvalue weighted by Crippen LogP contribution is 2.25. The summed E-state index contributed by atoms with van der Waals surface area (Å²) in [6.07, 6.45) is 2.95. The van der Waals surface area contributed by atoms with Crippen molar-refractivity contribution in [3.63, 3.8) is 0 Å². The molecule has 0 unspecified atom stereocenters. The number of hydrogen-bond donors (Lipinski definition) is 1. The Morgan fingerprint density at radius 2 is 2.38 bits per heavy atom. The maximum atomic E-state index is 12.5. The van der Waals surface area contributed by atoms with Gasteiger partial charge in [0.25, 0.3) is 5.91 Å². The Hall–Kier alpha value is -1.92. The lowest BCUT2D eigenvalue weighted by Gasteiger charge is -2.26. The number of ether oxygens (including phenoxy) is 1. The van der Waals surface area contributed by atoms with Crippen LogP contribution in [-0.4, -0.2) is 42.6 Å². The molecule has 0 saturated carbocycles. The molecule has 0 radical (unpaired) electrons. The van der Waals surface area contributed by atoms with Gasteiger partial charge >= 0.3 is 0 Å². The maximum Gasteiger partial charge on any atom is 0.254 e. The molecule has 0 saturated heterocycles. The van der Waals surface area contributed by atoms with Crippen molar-refractivity contribution < 1.29 is 9.53 Å². The molecule has 3 rings (SSSR count). The Balaban J connectivity index is 1.78. The fourth-order valence-electron chi connectivity index (χ4n) is 2.47. The summed E-state index contributed by atoms with van der Waals surface area (Å²) in [7, 11) is 1.69. The minimum atomic E-state index is 0.0524. The van der Waals surface area contributed by atoms with Gasteiger partial charge in [-0.05, 0) is 30.2 Å². The lowest BCUT2D eigenvalue weighted by atomic mass is 10.1. The van der Waals surface area contributed by atoms with E-state index in [1.165, 1.54) is 16.9 Å². The minimum absolute atomic E-state index is 0.0524. The number of hydrogen-bond acceptors (Lipinski definition) is 5. The predicted octanol–water partition coefficient (Wildman–Crippen LogP) is 2.30. The highest BCUT2D eigenvalue weighted by Gasteiger charge is 2.19. The monoisotopic (exact) mass is 303 g/mol. The molecule has 110 valence electrons. The molecule has 0 atom stereocenters. The molecule has 5 nitrogen and oxygen atoms in total. The van der Waals surface area contributed by atoms with E-state index in [-0.39, 0.29) is 5.91 Å². The third-order valence-electron chi connectivity index (χ3n) is 3.57. The van der Waals surface area contributed by atoms with Crippen molar-refractivity contribution >= 4 is 32.6 Å². The third-order valence-corrected chi connectivity index (χ3v) is 4.42. The predicted molar refractivity (Wildman–Crippen MR) is 84.5 cm³/mol. The largest absolute Gasteiger partial charge is 0.380 e. The van der Waals surface area contributed by atoms with Crippen molar-refractivity contribution in [1.29, 1.82) is 0 Å². The molecule has 0 aliphatic carbocycles. The summed E-state index contributed by atoms with van der Waals surface area (Å²) in [5.74, 6) is 0.0524. The number of nitrogens with two attached hydrogens (primary N) is 1. The Morgan fingerprint density at radius 3 is 3.10 bits per heavy atom. The van der Waals surface area contributed by atoms with Crippen LogP contribution in [0.2, 0.25) is 0 Å². The van der Waals surface area contributed by atoms with Crippen molar-refractivity contribution in [3.8, 4) is 0 Å². The Bertz CT molecular complexity index is 708. The van der Waals surface area contributed by atoms with Crippen LogP contribution in [0.4, 0.5) is 5.13 Å². The normalized spacial score (nSPS) is 15.3. The molecule has 21 heavy (non-hydrogen) atoms. The number of anilines is 1. The number of thiazole rings is 1. The summed E-state index contributed by atoms with van der Waals surface area (Å²) in [5, 5.41) is 0.528. The van der Waals surface area contributed by atoms with E-state index in [9.17, 15) is 4.79 Å². The van der Waals surface area contributed by atoms with Crippen LogP contribution < -0.4 is 5.73 Å². The number of carbonyl (C=O) groups excluding carboxylic acids is 1. The average molecular weight is 303 g/mol. The first-order valence-corrected chi connectivity index (χ1v) is 7.61. The summed E-state index contributed by atoms with van der Waals surface area (Å²) >= 11 is 1.40. The molecule has 2 heterocycles. The molecule has 0 bridgehead atoms. The van der Waals surface area contributed by atoms with E-state index in [2.05, 4.69) is 11.1 Å². The van der Waals surface area contributed by atoms with Gasteiger partial charge in [0.2, 0.25) is 0 Å². The Labute approximate surface area is 127 Å². The van der Waals surface area contributed by atoms with Gasteiger partial charge in [-0.1, -0.05) is 17.4 Å². The molecule has 1 aromatic carbocycles. The number of rotatable bonds is 3. The zero-order chi connectivity index (χ0) is 14.8. The number of aromatic nitrogens is 1. The van der Waals surface area contributed by atoms with Crippen LogP contribution >= 0.6 is 11.3 Å². The topological polar surface area (TPSA) is 68.5 Å².